The molecule has 1 aromatic rings. The first kappa shape index (κ1) is 14.9. The maximum absolute atomic E-state index is 12.4. The molecule has 1 amide bonds. The second kappa shape index (κ2) is 6.81. The second-order valence-electron chi connectivity index (χ2n) is 4.37. The summed E-state index contributed by atoms with van der Waals surface area (Å²) in [7, 11) is 1.33. The number of pyridine rings is 1. The van der Waals surface area contributed by atoms with Gasteiger partial charge in [0, 0.05) is 19.3 Å². The number of aromatic nitrogens is 1. The Balaban J connectivity index is 2.03. The average Bonchev–Trinajstić information content (AvgIpc) is 2.47. The number of amides is 1. The fourth-order valence-corrected chi connectivity index (χ4v) is 2.43. The predicted molar refractivity (Wildman–Crippen MR) is 74.2 cm³/mol. The first-order chi connectivity index (χ1) is 9.61. The van der Waals surface area contributed by atoms with E-state index in [4.69, 9.17) is 4.74 Å². The van der Waals surface area contributed by atoms with Gasteiger partial charge in [0.25, 0.3) is 5.91 Å². The highest BCUT2D eigenvalue weighted by atomic mass is 79.9. The number of morpholine rings is 1. The lowest BCUT2D eigenvalue weighted by Crippen LogP contribution is -2.46. The number of rotatable bonds is 3. The highest BCUT2D eigenvalue weighted by molar-refractivity contribution is 9.10. The summed E-state index contributed by atoms with van der Waals surface area (Å²) in [5.41, 5.74) is 0.506. The van der Waals surface area contributed by atoms with Crippen LogP contribution < -0.4 is 0 Å². The van der Waals surface area contributed by atoms with E-state index in [2.05, 4.69) is 25.7 Å². The monoisotopic (exact) mass is 342 g/mol. The van der Waals surface area contributed by atoms with Crippen LogP contribution in [0.5, 0.6) is 0 Å². The molecular weight excluding hydrogens is 328 g/mol. The SMILES string of the molecule is COC(=O)CC1CN(C(=O)c2cccnc2Br)CCO1. The van der Waals surface area contributed by atoms with Crippen LogP contribution in [0, 0.1) is 0 Å². The molecule has 1 unspecified atom stereocenters. The van der Waals surface area contributed by atoms with Crippen LogP contribution in [0.4, 0.5) is 0 Å². The summed E-state index contributed by atoms with van der Waals surface area (Å²) in [6, 6.07) is 3.43. The van der Waals surface area contributed by atoms with Crippen molar-refractivity contribution in [3.05, 3.63) is 28.5 Å². The van der Waals surface area contributed by atoms with Crippen molar-refractivity contribution in [2.75, 3.05) is 26.8 Å². The topological polar surface area (TPSA) is 68.7 Å². The van der Waals surface area contributed by atoms with Crippen LogP contribution in [0.3, 0.4) is 0 Å². The second-order valence-corrected chi connectivity index (χ2v) is 5.12. The fourth-order valence-electron chi connectivity index (χ4n) is 2.01. The van der Waals surface area contributed by atoms with Gasteiger partial charge in [-0.2, -0.15) is 0 Å². The summed E-state index contributed by atoms with van der Waals surface area (Å²) in [6.45, 7) is 1.28. The molecule has 0 bridgehead atoms. The zero-order valence-corrected chi connectivity index (χ0v) is 12.6. The molecular formula is C13H15BrN2O4. The number of nitrogens with zero attached hydrogens (tertiary/aromatic N) is 2. The number of carbonyl (C=O) groups excluding carboxylic acids is 2. The van der Waals surface area contributed by atoms with E-state index in [-0.39, 0.29) is 24.4 Å². The molecule has 2 heterocycles. The Morgan fingerprint density at radius 1 is 1.60 bits per heavy atom. The lowest BCUT2D eigenvalue weighted by molar-refractivity contribution is -0.145. The third-order valence-electron chi connectivity index (χ3n) is 3.04. The van der Waals surface area contributed by atoms with Crippen molar-refractivity contribution in [2.45, 2.75) is 12.5 Å². The van der Waals surface area contributed by atoms with Gasteiger partial charge in [-0.1, -0.05) is 0 Å². The van der Waals surface area contributed by atoms with E-state index in [0.717, 1.165) is 0 Å². The Kier molecular flexibility index (Phi) is 5.08. The summed E-state index contributed by atoms with van der Waals surface area (Å²) in [5, 5.41) is 0. The van der Waals surface area contributed by atoms with E-state index in [1.165, 1.54) is 7.11 Å². The van der Waals surface area contributed by atoms with Crippen LogP contribution in [-0.2, 0) is 14.3 Å². The van der Waals surface area contributed by atoms with Gasteiger partial charge < -0.3 is 14.4 Å². The molecule has 1 aliphatic rings. The minimum absolute atomic E-state index is 0.122. The van der Waals surface area contributed by atoms with Crippen molar-refractivity contribution in [3.63, 3.8) is 0 Å². The van der Waals surface area contributed by atoms with Crippen molar-refractivity contribution in [1.29, 1.82) is 0 Å². The van der Waals surface area contributed by atoms with Gasteiger partial charge in [-0.15, -0.1) is 0 Å². The van der Waals surface area contributed by atoms with E-state index in [9.17, 15) is 9.59 Å². The molecule has 108 valence electrons. The van der Waals surface area contributed by atoms with E-state index >= 15 is 0 Å². The van der Waals surface area contributed by atoms with E-state index in [1.54, 1.807) is 23.2 Å². The fraction of sp³-hybridized carbons (Fsp3) is 0.462. The van der Waals surface area contributed by atoms with Gasteiger partial charge in [0.05, 0.1) is 31.8 Å². The van der Waals surface area contributed by atoms with Gasteiger partial charge in [-0.25, -0.2) is 4.98 Å². The minimum Gasteiger partial charge on any atom is -0.469 e. The Hall–Kier alpha value is -1.47. The van der Waals surface area contributed by atoms with Crippen molar-refractivity contribution in [1.82, 2.24) is 9.88 Å². The normalized spacial score (nSPS) is 18.7. The van der Waals surface area contributed by atoms with Crippen LogP contribution in [0.25, 0.3) is 0 Å². The third-order valence-corrected chi connectivity index (χ3v) is 3.67. The van der Waals surface area contributed by atoms with Crippen LogP contribution in [0.15, 0.2) is 22.9 Å². The molecule has 0 radical (unpaired) electrons. The molecule has 1 atom stereocenters. The Bertz CT molecular complexity index is 509. The zero-order chi connectivity index (χ0) is 14.5. The van der Waals surface area contributed by atoms with Crippen LogP contribution in [-0.4, -0.2) is 54.7 Å². The first-order valence-corrected chi connectivity index (χ1v) is 6.99. The van der Waals surface area contributed by atoms with Gasteiger partial charge in [-0.05, 0) is 28.1 Å². The molecule has 0 spiro atoms. The average molecular weight is 343 g/mol. The summed E-state index contributed by atoms with van der Waals surface area (Å²) >= 11 is 3.27. The molecule has 0 N–H and O–H groups in total. The number of carbonyl (C=O) groups is 2. The van der Waals surface area contributed by atoms with Gasteiger partial charge >= 0.3 is 5.97 Å². The molecule has 0 saturated carbocycles. The molecule has 7 heteroatoms. The molecule has 0 aliphatic carbocycles. The number of hydrogen-bond donors (Lipinski definition) is 0. The molecule has 1 saturated heterocycles. The van der Waals surface area contributed by atoms with Gasteiger partial charge in [0.1, 0.15) is 4.60 Å². The van der Waals surface area contributed by atoms with Crippen molar-refractivity contribution < 1.29 is 19.1 Å². The Morgan fingerprint density at radius 3 is 3.10 bits per heavy atom. The Labute approximate surface area is 125 Å². The largest absolute Gasteiger partial charge is 0.469 e. The van der Waals surface area contributed by atoms with Crippen molar-refractivity contribution in [2.24, 2.45) is 0 Å². The standard InChI is InChI=1S/C13H15BrN2O4/c1-19-11(17)7-9-8-16(5-6-20-9)13(18)10-3-2-4-15-12(10)14/h2-4,9H,5-8H2,1H3. The Morgan fingerprint density at radius 2 is 2.40 bits per heavy atom. The van der Waals surface area contributed by atoms with E-state index in [0.29, 0.717) is 29.9 Å². The van der Waals surface area contributed by atoms with Crippen LogP contribution >= 0.6 is 15.9 Å². The molecule has 2 rings (SSSR count). The number of methoxy groups -OCH3 is 1. The van der Waals surface area contributed by atoms with Crippen LogP contribution in [0.2, 0.25) is 0 Å². The highest BCUT2D eigenvalue weighted by Gasteiger charge is 2.27. The van der Waals surface area contributed by atoms with Crippen LogP contribution in [0.1, 0.15) is 16.8 Å². The molecule has 1 aliphatic heterocycles. The number of ether oxygens (including phenoxy) is 2. The molecule has 0 aromatic carbocycles. The minimum atomic E-state index is -0.341. The van der Waals surface area contributed by atoms with Gasteiger partial charge in [0.2, 0.25) is 0 Å². The maximum atomic E-state index is 12.4. The molecule has 1 aromatic heterocycles. The van der Waals surface area contributed by atoms with Crippen molar-refractivity contribution in [3.8, 4) is 0 Å². The highest BCUT2D eigenvalue weighted by Crippen LogP contribution is 2.18. The molecule has 1 fully saturated rings. The lowest BCUT2D eigenvalue weighted by atomic mass is 10.1. The van der Waals surface area contributed by atoms with Crippen molar-refractivity contribution >= 4 is 27.8 Å². The summed E-state index contributed by atoms with van der Waals surface area (Å²) in [5.74, 6) is -0.463. The summed E-state index contributed by atoms with van der Waals surface area (Å²) < 4.78 is 10.6. The first-order valence-electron chi connectivity index (χ1n) is 6.20. The quantitative estimate of drug-likeness (QED) is 0.610. The number of esters is 1. The molecule has 6 nitrogen and oxygen atoms in total. The van der Waals surface area contributed by atoms with Gasteiger partial charge in [0.15, 0.2) is 0 Å². The number of halogens is 1. The third kappa shape index (κ3) is 3.55. The number of hydrogen-bond acceptors (Lipinski definition) is 5. The van der Waals surface area contributed by atoms with E-state index < -0.39 is 0 Å². The van der Waals surface area contributed by atoms with E-state index in [1.807, 2.05) is 0 Å². The molecule has 20 heavy (non-hydrogen) atoms. The zero-order valence-electron chi connectivity index (χ0n) is 11.0. The summed E-state index contributed by atoms with van der Waals surface area (Å²) in [6.07, 6.45) is 1.44. The summed E-state index contributed by atoms with van der Waals surface area (Å²) in [4.78, 5) is 29.4. The van der Waals surface area contributed by atoms with Gasteiger partial charge in [-0.3, -0.25) is 9.59 Å². The maximum Gasteiger partial charge on any atom is 0.308 e. The predicted octanol–water partition coefficient (Wildman–Crippen LogP) is 1.25. The lowest BCUT2D eigenvalue weighted by Gasteiger charge is -2.32. The smallest absolute Gasteiger partial charge is 0.308 e.